The van der Waals surface area contributed by atoms with Crippen LogP contribution in [0.25, 0.3) is 0 Å². The minimum Gasteiger partial charge on any atom is -0.510 e. The molecule has 0 aliphatic carbocycles. The van der Waals surface area contributed by atoms with E-state index in [2.05, 4.69) is 45.0 Å². The molecule has 0 saturated heterocycles. The van der Waals surface area contributed by atoms with Gasteiger partial charge in [-0.05, 0) is 28.3 Å². The normalized spacial score (nSPS) is 12.0. The lowest BCUT2D eigenvalue weighted by Crippen LogP contribution is -2.67. The van der Waals surface area contributed by atoms with E-state index in [4.69, 9.17) is 16.0 Å². The molecule has 25 heavy (non-hydrogen) atoms. The van der Waals surface area contributed by atoms with Crippen LogP contribution in [-0.2, 0) is 9.22 Å². The molecule has 0 spiro atoms. The molecule has 2 aromatic carbocycles. The van der Waals surface area contributed by atoms with Crippen LogP contribution in [0, 0.1) is 0 Å². The van der Waals surface area contributed by atoms with E-state index in [1.807, 2.05) is 36.4 Å². The molecule has 0 radical (unpaired) electrons. The van der Waals surface area contributed by atoms with E-state index in [9.17, 15) is 4.79 Å². The van der Waals surface area contributed by atoms with Crippen LogP contribution in [0.15, 0.2) is 60.7 Å². The van der Waals surface area contributed by atoms with Gasteiger partial charge in [0.1, 0.15) is 0 Å². The summed E-state index contributed by atoms with van der Waals surface area (Å²) >= 11 is 5.74. The number of rotatable bonds is 7. The van der Waals surface area contributed by atoms with Gasteiger partial charge in [-0.1, -0.05) is 81.4 Å². The van der Waals surface area contributed by atoms with E-state index < -0.39 is 8.32 Å². The van der Waals surface area contributed by atoms with Gasteiger partial charge < -0.3 is 4.43 Å². The number of benzene rings is 2. The van der Waals surface area contributed by atoms with Crippen molar-refractivity contribution >= 4 is 36.3 Å². The first-order valence-corrected chi connectivity index (χ1v) is 11.2. The average molecular weight is 375 g/mol. The van der Waals surface area contributed by atoms with Crippen LogP contribution in [-0.4, -0.2) is 20.2 Å². The predicted molar refractivity (Wildman–Crippen MR) is 108 cm³/mol. The lowest BCUT2D eigenvalue weighted by molar-refractivity contribution is -0.135. The molecule has 2 aromatic rings. The van der Waals surface area contributed by atoms with Gasteiger partial charge in [0.15, 0.2) is 0 Å². The summed E-state index contributed by atoms with van der Waals surface area (Å²) in [4.78, 5) is 12.7. The summed E-state index contributed by atoms with van der Waals surface area (Å²) in [7, 11) is -2.76. The lowest BCUT2D eigenvalue weighted by Gasteiger charge is -2.42. The van der Waals surface area contributed by atoms with E-state index in [1.54, 1.807) is 0 Å². The average Bonchev–Trinajstić information content (AvgIpc) is 2.60. The van der Waals surface area contributed by atoms with Crippen molar-refractivity contribution in [3.63, 3.8) is 0 Å². The smallest absolute Gasteiger partial charge is 0.323 e. The number of hydrogen-bond acceptors (Lipinski definition) is 2. The number of alkyl halides is 1. The molecule has 2 nitrogen and oxygen atoms in total. The van der Waals surface area contributed by atoms with Gasteiger partial charge in [0.05, 0.1) is 0 Å². The maximum Gasteiger partial charge on any atom is 0.323 e. The Labute approximate surface area is 157 Å². The molecule has 0 amide bonds. The van der Waals surface area contributed by atoms with Crippen LogP contribution in [0.4, 0.5) is 0 Å². The van der Waals surface area contributed by atoms with Gasteiger partial charge >= 0.3 is 8.32 Å². The molecule has 0 saturated carbocycles. The molecule has 0 atom stereocenters. The Hall–Kier alpha value is -1.58. The maximum absolute atomic E-state index is 12.7. The summed E-state index contributed by atoms with van der Waals surface area (Å²) in [5.41, 5.74) is 0. The van der Waals surface area contributed by atoms with E-state index in [-0.39, 0.29) is 11.0 Å². The minimum atomic E-state index is -2.76. The molecular weight excluding hydrogens is 348 g/mol. The van der Waals surface area contributed by atoms with Gasteiger partial charge in [-0.15, -0.1) is 11.6 Å². The van der Waals surface area contributed by atoms with Crippen LogP contribution in [0.2, 0.25) is 5.04 Å². The second-order valence-electron chi connectivity index (χ2n) is 7.28. The van der Waals surface area contributed by atoms with Gasteiger partial charge in [-0.3, -0.25) is 4.79 Å². The fraction of sp³-hybridized carbons (Fsp3) is 0.381. The third kappa shape index (κ3) is 4.53. The molecule has 134 valence electrons. The fourth-order valence-corrected chi connectivity index (χ4v) is 7.80. The highest BCUT2D eigenvalue weighted by molar-refractivity contribution is 7.00. The summed E-state index contributed by atoms with van der Waals surface area (Å²) in [5.74, 6) is 0.450. The molecule has 0 heterocycles. The standard InChI is InChI=1S/C21H27ClO2Si/c1-21(2,3)25(18-12-6-4-7-13-18,19-14-8-5-9-15-19)24-20(23)16-10-11-17-22/h4-9,12-15H,10-11,16-17H2,1-3H3. The summed E-state index contributed by atoms with van der Waals surface area (Å²) in [6.07, 6.45) is 2.01. The molecule has 4 heteroatoms. The highest BCUT2D eigenvalue weighted by Gasteiger charge is 2.52. The summed E-state index contributed by atoms with van der Waals surface area (Å²) in [6.45, 7) is 6.52. The predicted octanol–water partition coefficient (Wildman–Crippen LogP) is 4.50. The minimum absolute atomic E-state index is 0.126. The lowest BCUT2D eigenvalue weighted by atomic mass is 10.2. The zero-order valence-electron chi connectivity index (χ0n) is 15.3. The fourth-order valence-electron chi connectivity index (χ4n) is 3.23. The van der Waals surface area contributed by atoms with Crippen LogP contribution in [0.5, 0.6) is 0 Å². The molecule has 0 aromatic heterocycles. The van der Waals surface area contributed by atoms with E-state index in [0.29, 0.717) is 12.3 Å². The molecule has 0 bridgehead atoms. The Morgan fingerprint density at radius 1 is 0.920 bits per heavy atom. The highest BCUT2D eigenvalue weighted by atomic mass is 35.5. The van der Waals surface area contributed by atoms with Crippen molar-refractivity contribution in [1.29, 1.82) is 0 Å². The van der Waals surface area contributed by atoms with Gasteiger partial charge in [0.25, 0.3) is 5.97 Å². The van der Waals surface area contributed by atoms with Crippen molar-refractivity contribution in [3.8, 4) is 0 Å². The number of halogens is 1. The topological polar surface area (TPSA) is 26.3 Å². The quantitative estimate of drug-likeness (QED) is 0.405. The number of hydrogen-bond donors (Lipinski definition) is 0. The molecule has 2 rings (SSSR count). The van der Waals surface area contributed by atoms with Crippen LogP contribution in [0.3, 0.4) is 0 Å². The van der Waals surface area contributed by atoms with Crippen molar-refractivity contribution in [2.45, 2.75) is 45.1 Å². The Balaban J connectivity index is 2.51. The van der Waals surface area contributed by atoms with Crippen molar-refractivity contribution in [1.82, 2.24) is 0 Å². The van der Waals surface area contributed by atoms with E-state index in [0.717, 1.165) is 23.2 Å². The monoisotopic (exact) mass is 374 g/mol. The molecule has 0 fully saturated rings. The van der Waals surface area contributed by atoms with Crippen molar-refractivity contribution in [2.24, 2.45) is 0 Å². The van der Waals surface area contributed by atoms with E-state index in [1.165, 1.54) is 0 Å². The van der Waals surface area contributed by atoms with Gasteiger partial charge in [-0.2, -0.15) is 0 Å². The highest BCUT2D eigenvalue weighted by Crippen LogP contribution is 2.37. The van der Waals surface area contributed by atoms with Crippen molar-refractivity contribution in [3.05, 3.63) is 60.7 Å². The first kappa shape index (κ1) is 19.7. The Morgan fingerprint density at radius 2 is 1.40 bits per heavy atom. The molecule has 0 aliphatic heterocycles. The Bertz CT molecular complexity index is 626. The third-order valence-electron chi connectivity index (χ3n) is 4.45. The number of carbonyl (C=O) groups excluding carboxylic acids is 1. The SMILES string of the molecule is CC(C)(C)[Si](OC(=O)CCCCCl)(c1ccccc1)c1ccccc1. The van der Waals surface area contributed by atoms with Crippen molar-refractivity contribution in [2.75, 3.05) is 5.88 Å². The van der Waals surface area contributed by atoms with Gasteiger partial charge in [0.2, 0.25) is 0 Å². The largest absolute Gasteiger partial charge is 0.510 e. The Kier molecular flexibility index (Phi) is 6.85. The molecule has 0 N–H and O–H groups in total. The first-order valence-electron chi connectivity index (χ1n) is 8.80. The van der Waals surface area contributed by atoms with Crippen LogP contribution in [0.1, 0.15) is 40.0 Å². The number of unbranched alkanes of at least 4 members (excludes halogenated alkanes) is 1. The van der Waals surface area contributed by atoms with Gasteiger partial charge in [0, 0.05) is 12.3 Å². The molecule has 0 aliphatic rings. The van der Waals surface area contributed by atoms with Crippen LogP contribution >= 0.6 is 11.6 Å². The first-order chi connectivity index (χ1) is 11.9. The summed E-state index contributed by atoms with van der Waals surface area (Å²) in [6, 6.07) is 20.5. The third-order valence-corrected chi connectivity index (χ3v) is 9.65. The Morgan fingerprint density at radius 3 is 1.80 bits per heavy atom. The number of carbonyl (C=O) groups is 1. The van der Waals surface area contributed by atoms with Crippen LogP contribution < -0.4 is 10.4 Å². The van der Waals surface area contributed by atoms with Crippen molar-refractivity contribution < 1.29 is 9.22 Å². The van der Waals surface area contributed by atoms with E-state index >= 15 is 0 Å². The second-order valence-corrected chi connectivity index (χ2v) is 11.9. The summed E-state index contributed by atoms with van der Waals surface area (Å²) in [5, 5.41) is 2.07. The van der Waals surface area contributed by atoms with Gasteiger partial charge in [-0.25, -0.2) is 0 Å². The second kappa shape index (κ2) is 8.68. The zero-order chi connectivity index (χ0) is 18.3. The zero-order valence-corrected chi connectivity index (χ0v) is 17.1. The molecular formula is C21H27ClO2Si. The summed E-state index contributed by atoms with van der Waals surface area (Å²) < 4.78 is 6.38. The maximum atomic E-state index is 12.7. The molecule has 0 unspecified atom stereocenters.